The van der Waals surface area contributed by atoms with Gasteiger partial charge in [-0.25, -0.2) is 4.79 Å². The molecule has 5 heteroatoms. The third-order valence-corrected chi connectivity index (χ3v) is 5.57. The first-order valence-electron chi connectivity index (χ1n) is 8.71. The number of rotatable bonds is 3. The number of benzene rings is 1. The summed E-state index contributed by atoms with van der Waals surface area (Å²) in [6, 6.07) is 9.99. The van der Waals surface area contributed by atoms with Gasteiger partial charge in [0, 0.05) is 54.0 Å². The van der Waals surface area contributed by atoms with E-state index in [4.69, 9.17) is 16.0 Å². The molecule has 4 rings (SSSR count). The molecule has 1 aromatic carbocycles. The molecule has 4 nitrogen and oxygen atoms in total. The van der Waals surface area contributed by atoms with Crippen molar-refractivity contribution in [1.82, 2.24) is 9.47 Å². The molecule has 2 aromatic heterocycles. The summed E-state index contributed by atoms with van der Waals surface area (Å²) in [5.41, 5.74) is 3.60. The predicted molar refractivity (Wildman–Crippen MR) is 100 cm³/mol. The predicted octanol–water partition coefficient (Wildman–Crippen LogP) is 4.39. The molecule has 0 saturated heterocycles. The Bertz CT molecular complexity index is 989. The summed E-state index contributed by atoms with van der Waals surface area (Å²) in [5.74, 6) is 0. The first-order chi connectivity index (χ1) is 12.1. The second-order valence-electron chi connectivity index (χ2n) is 6.66. The van der Waals surface area contributed by atoms with E-state index >= 15 is 0 Å². The average molecular weight is 357 g/mol. The van der Waals surface area contributed by atoms with Crippen molar-refractivity contribution in [3.05, 3.63) is 68.8 Å². The monoisotopic (exact) mass is 356 g/mol. The van der Waals surface area contributed by atoms with Crippen LogP contribution in [0.25, 0.3) is 11.0 Å². The fourth-order valence-electron chi connectivity index (χ4n) is 3.75. The molecule has 0 spiro atoms. The smallest absolute Gasteiger partial charge is 0.336 e. The molecule has 3 heterocycles. The normalized spacial score (nSPS) is 17.8. The molecular formula is C20H21ClN2O2. The van der Waals surface area contributed by atoms with Gasteiger partial charge >= 0.3 is 5.63 Å². The van der Waals surface area contributed by atoms with Crippen molar-refractivity contribution in [2.24, 2.45) is 0 Å². The fraction of sp³-hybridized carbons (Fsp3) is 0.350. The molecular weight excluding hydrogens is 336 g/mol. The molecule has 0 N–H and O–H groups in total. The van der Waals surface area contributed by atoms with Crippen LogP contribution < -0.4 is 5.63 Å². The molecule has 1 aliphatic rings. The van der Waals surface area contributed by atoms with Crippen LogP contribution in [-0.4, -0.2) is 16.0 Å². The molecule has 0 radical (unpaired) electrons. The third-order valence-electron chi connectivity index (χ3n) is 5.22. The van der Waals surface area contributed by atoms with Crippen molar-refractivity contribution < 1.29 is 4.42 Å². The molecule has 1 aliphatic heterocycles. The van der Waals surface area contributed by atoms with E-state index in [0.717, 1.165) is 41.0 Å². The Morgan fingerprint density at radius 3 is 2.88 bits per heavy atom. The van der Waals surface area contributed by atoms with Crippen LogP contribution in [0.15, 0.2) is 45.7 Å². The maximum absolute atomic E-state index is 12.0. The Kier molecular flexibility index (Phi) is 4.18. The number of fused-ring (bicyclic) bond motifs is 2. The number of hydrogen-bond acceptors (Lipinski definition) is 3. The minimum atomic E-state index is -0.306. The maximum Gasteiger partial charge on any atom is 0.336 e. The van der Waals surface area contributed by atoms with Gasteiger partial charge in [0.05, 0.1) is 0 Å². The molecule has 25 heavy (non-hydrogen) atoms. The summed E-state index contributed by atoms with van der Waals surface area (Å²) in [7, 11) is 0. The molecule has 0 fully saturated rings. The Morgan fingerprint density at radius 2 is 2.08 bits per heavy atom. The van der Waals surface area contributed by atoms with Crippen LogP contribution in [0.3, 0.4) is 0 Å². The van der Waals surface area contributed by atoms with Gasteiger partial charge in [0.15, 0.2) is 0 Å². The highest BCUT2D eigenvalue weighted by Crippen LogP contribution is 2.30. The fourth-order valence-corrected chi connectivity index (χ4v) is 4.05. The van der Waals surface area contributed by atoms with E-state index in [1.807, 2.05) is 19.1 Å². The van der Waals surface area contributed by atoms with Gasteiger partial charge in [-0.05, 0) is 48.7 Å². The van der Waals surface area contributed by atoms with Crippen molar-refractivity contribution in [2.75, 3.05) is 6.54 Å². The van der Waals surface area contributed by atoms with E-state index in [1.165, 1.54) is 5.69 Å². The molecule has 1 atom stereocenters. The van der Waals surface area contributed by atoms with Gasteiger partial charge in [-0.3, -0.25) is 4.90 Å². The minimum Gasteiger partial charge on any atom is -0.423 e. The summed E-state index contributed by atoms with van der Waals surface area (Å²) in [6.45, 7) is 6.87. The number of aryl methyl sites for hydroxylation is 1. The molecule has 0 bridgehead atoms. The summed E-state index contributed by atoms with van der Waals surface area (Å²) in [5, 5.41) is 1.65. The Balaban J connectivity index is 1.74. The van der Waals surface area contributed by atoms with Crippen molar-refractivity contribution in [3.63, 3.8) is 0 Å². The largest absolute Gasteiger partial charge is 0.423 e. The van der Waals surface area contributed by atoms with E-state index in [9.17, 15) is 4.79 Å². The zero-order valence-electron chi connectivity index (χ0n) is 14.5. The zero-order valence-corrected chi connectivity index (χ0v) is 15.2. The van der Waals surface area contributed by atoms with Crippen LogP contribution in [-0.2, 0) is 19.5 Å². The first kappa shape index (κ1) is 16.4. The highest BCUT2D eigenvalue weighted by Gasteiger charge is 2.24. The number of halogens is 1. The quantitative estimate of drug-likeness (QED) is 0.653. The Labute approximate surface area is 151 Å². The van der Waals surface area contributed by atoms with Crippen LogP contribution in [0.2, 0.25) is 5.02 Å². The lowest BCUT2D eigenvalue weighted by atomic mass is 10.0. The van der Waals surface area contributed by atoms with Gasteiger partial charge in [-0.2, -0.15) is 0 Å². The Morgan fingerprint density at radius 1 is 1.24 bits per heavy atom. The number of hydrogen-bond donors (Lipinski definition) is 0. The molecule has 0 saturated carbocycles. The molecule has 130 valence electrons. The maximum atomic E-state index is 12.0. The van der Waals surface area contributed by atoms with E-state index in [1.54, 1.807) is 6.07 Å². The topological polar surface area (TPSA) is 38.4 Å². The van der Waals surface area contributed by atoms with Crippen molar-refractivity contribution in [3.8, 4) is 0 Å². The van der Waals surface area contributed by atoms with Gasteiger partial charge in [0.1, 0.15) is 5.58 Å². The summed E-state index contributed by atoms with van der Waals surface area (Å²) < 4.78 is 7.72. The average Bonchev–Trinajstić information content (AvgIpc) is 3.07. The first-order valence-corrected chi connectivity index (χ1v) is 9.09. The molecule has 0 unspecified atom stereocenters. The second kappa shape index (κ2) is 6.36. The van der Waals surface area contributed by atoms with Crippen molar-refractivity contribution in [2.45, 2.75) is 39.4 Å². The van der Waals surface area contributed by atoms with Crippen LogP contribution in [0, 0.1) is 0 Å². The van der Waals surface area contributed by atoms with Gasteiger partial charge in [0.2, 0.25) is 0 Å². The van der Waals surface area contributed by atoms with Crippen molar-refractivity contribution in [1.29, 1.82) is 0 Å². The lowest BCUT2D eigenvalue weighted by molar-refractivity contribution is 0.161. The molecule has 3 aromatic rings. The van der Waals surface area contributed by atoms with Gasteiger partial charge in [-0.15, -0.1) is 0 Å². The van der Waals surface area contributed by atoms with Crippen LogP contribution in [0.4, 0.5) is 0 Å². The molecule has 0 aliphatic carbocycles. The lowest BCUT2D eigenvalue weighted by Gasteiger charge is -2.35. The second-order valence-corrected chi connectivity index (χ2v) is 7.06. The van der Waals surface area contributed by atoms with E-state index in [0.29, 0.717) is 18.2 Å². The van der Waals surface area contributed by atoms with E-state index in [-0.39, 0.29) is 5.63 Å². The highest BCUT2D eigenvalue weighted by atomic mass is 35.5. The van der Waals surface area contributed by atoms with Gasteiger partial charge in [-0.1, -0.05) is 18.5 Å². The summed E-state index contributed by atoms with van der Waals surface area (Å²) in [6.07, 6.45) is 2.94. The summed E-state index contributed by atoms with van der Waals surface area (Å²) in [4.78, 5) is 14.4. The standard InChI is InChI=1S/C20H21ClN2O2/c1-3-14-9-19-16(11-17(14)21)15(10-20(24)25-19)12-23-8-7-22-6-4-5-18(22)13(23)2/h4-6,9-11,13H,3,7-8,12H2,1-2H3/t13-/m0/s1. The van der Waals surface area contributed by atoms with Crippen LogP contribution in [0.1, 0.15) is 36.7 Å². The highest BCUT2D eigenvalue weighted by molar-refractivity contribution is 6.32. The Hall–Kier alpha value is -2.04. The summed E-state index contributed by atoms with van der Waals surface area (Å²) >= 11 is 6.40. The van der Waals surface area contributed by atoms with E-state index < -0.39 is 0 Å². The van der Waals surface area contributed by atoms with Crippen LogP contribution in [0.5, 0.6) is 0 Å². The number of nitrogens with zero attached hydrogens (tertiary/aromatic N) is 2. The molecule has 0 amide bonds. The van der Waals surface area contributed by atoms with E-state index in [2.05, 4.69) is 34.7 Å². The zero-order chi connectivity index (χ0) is 17.6. The third kappa shape index (κ3) is 2.90. The van der Waals surface area contributed by atoms with Crippen molar-refractivity contribution >= 4 is 22.6 Å². The minimum absolute atomic E-state index is 0.302. The van der Waals surface area contributed by atoms with Crippen LogP contribution >= 0.6 is 11.6 Å². The number of aromatic nitrogens is 1. The lowest BCUT2D eigenvalue weighted by Crippen LogP contribution is -2.36. The van der Waals surface area contributed by atoms with Gasteiger partial charge < -0.3 is 8.98 Å². The SMILES string of the molecule is CCc1cc2oc(=O)cc(CN3CCn4cccc4[C@@H]3C)c2cc1Cl. The van der Waals surface area contributed by atoms with Gasteiger partial charge in [0.25, 0.3) is 0 Å².